The first-order valence-electron chi connectivity index (χ1n) is 1.27. The van der Waals surface area contributed by atoms with Crippen LogP contribution in [-0.4, -0.2) is 12.8 Å². The van der Waals surface area contributed by atoms with Gasteiger partial charge in [0.25, 0.3) is 0 Å². The maximum absolute atomic E-state index is 10.6. The Balaban J connectivity index is 3.13. The maximum Gasteiger partial charge on any atom is 0.499 e. The topological polar surface area (TPSA) is 26.3 Å². The van der Waals surface area contributed by atoms with E-state index in [1.807, 2.05) is 0 Å². The van der Waals surface area contributed by atoms with E-state index in [9.17, 15) is 13.2 Å². The molecular formula is C2HF3O2. The maximum atomic E-state index is 10.6. The molecule has 0 aliphatic carbocycles. The Morgan fingerprint density at radius 3 is 2.00 bits per heavy atom. The molecule has 0 aliphatic heterocycles. The minimum Gasteiger partial charge on any atom is -0.377 e. The van der Waals surface area contributed by atoms with E-state index in [1.54, 1.807) is 0 Å². The quantitative estimate of drug-likeness (QED) is 0.480. The molecule has 0 rings (SSSR count). The number of halogens is 3. The minimum absolute atomic E-state index is 2.46. The number of carbonyl (C=O) groups is 1. The number of carbonyl (C=O) groups excluding carboxylic acids is 1. The summed E-state index contributed by atoms with van der Waals surface area (Å²) in [6.07, 6.45) is -2.46. The van der Waals surface area contributed by atoms with Crippen molar-refractivity contribution >= 4 is 6.22 Å². The molecule has 5 heteroatoms. The Morgan fingerprint density at radius 2 is 2.00 bits per heavy atom. The molecule has 0 aliphatic rings. The molecule has 0 unspecified atom stereocenters. The number of rotatable bonds is 1. The molecule has 0 N–H and O–H groups in total. The Kier molecular flexibility index (Phi) is 2.18. The van der Waals surface area contributed by atoms with Gasteiger partial charge >= 0.3 is 12.8 Å². The monoisotopic (exact) mass is 114 g/mol. The number of hydrogen-bond donors (Lipinski definition) is 0. The molecule has 0 radical (unpaired) electrons. The number of ether oxygens (including phenoxy) is 1. The summed E-state index contributed by atoms with van der Waals surface area (Å²) in [5.41, 5.74) is 0. The van der Waals surface area contributed by atoms with E-state index in [-0.39, 0.29) is 0 Å². The summed E-state index contributed by atoms with van der Waals surface area (Å²) >= 11 is 0. The Bertz CT molecular complexity index is 71.3. The van der Waals surface area contributed by atoms with Crippen LogP contribution in [0.4, 0.5) is 18.0 Å². The predicted octanol–water partition coefficient (Wildman–Crippen LogP) is 1.32. The van der Waals surface area contributed by atoms with Crippen molar-refractivity contribution in [2.24, 2.45) is 0 Å². The minimum atomic E-state index is -3.35. The molecule has 0 spiro atoms. The molecule has 0 amide bonds. The van der Waals surface area contributed by atoms with E-state index >= 15 is 0 Å². The van der Waals surface area contributed by atoms with E-state index in [0.29, 0.717) is 0 Å². The summed E-state index contributed by atoms with van der Waals surface area (Å²) in [5, 5.41) is 0. The van der Waals surface area contributed by atoms with E-state index < -0.39 is 12.8 Å². The average molecular weight is 114 g/mol. The highest BCUT2D eigenvalue weighted by molar-refractivity contribution is 5.57. The van der Waals surface area contributed by atoms with Crippen molar-refractivity contribution in [2.75, 3.05) is 0 Å². The van der Waals surface area contributed by atoms with Crippen LogP contribution in [0.25, 0.3) is 0 Å². The Labute approximate surface area is 36.9 Å². The van der Waals surface area contributed by atoms with Crippen LogP contribution >= 0.6 is 0 Å². The zero-order valence-corrected chi connectivity index (χ0v) is 3.03. The van der Waals surface area contributed by atoms with Gasteiger partial charge in [0.2, 0.25) is 0 Å². The first-order valence-corrected chi connectivity index (χ1v) is 1.27. The summed E-state index contributed by atoms with van der Waals surface area (Å²) in [4.78, 5) is 8.89. The molecule has 0 saturated carbocycles. The molecule has 0 bridgehead atoms. The summed E-state index contributed by atoms with van der Waals surface area (Å²) in [6, 6.07) is 0. The van der Waals surface area contributed by atoms with Crippen molar-refractivity contribution in [3.63, 3.8) is 0 Å². The summed E-state index contributed by atoms with van der Waals surface area (Å²) in [6.45, 7) is -3.35. The number of hydrogen-bond acceptors (Lipinski definition) is 2. The lowest BCUT2D eigenvalue weighted by Gasteiger charge is -1.90. The second-order valence-corrected chi connectivity index (χ2v) is 0.616. The molecule has 2 nitrogen and oxygen atoms in total. The third-order valence-corrected chi connectivity index (χ3v) is 0.182. The summed E-state index contributed by atoms with van der Waals surface area (Å²) < 4.78 is 34.4. The molecule has 0 fully saturated rings. The Hall–Kier alpha value is -0.740. The molecule has 0 heterocycles. The second-order valence-electron chi connectivity index (χ2n) is 0.616. The van der Waals surface area contributed by atoms with Crippen LogP contribution in [0.1, 0.15) is 0 Å². The smallest absolute Gasteiger partial charge is 0.377 e. The van der Waals surface area contributed by atoms with Crippen molar-refractivity contribution in [1.29, 1.82) is 0 Å². The van der Waals surface area contributed by atoms with Crippen LogP contribution in [0, 0.1) is 0 Å². The lowest BCUT2D eigenvalue weighted by atomic mass is 11.3. The van der Waals surface area contributed by atoms with E-state index in [2.05, 4.69) is 4.74 Å². The van der Waals surface area contributed by atoms with Gasteiger partial charge in [-0.15, -0.1) is 4.39 Å². The zero-order valence-electron chi connectivity index (χ0n) is 3.03. The largest absolute Gasteiger partial charge is 0.499 e. The molecule has 0 aromatic rings. The van der Waals surface area contributed by atoms with E-state index in [1.165, 1.54) is 0 Å². The highest BCUT2D eigenvalue weighted by atomic mass is 19.3. The van der Waals surface area contributed by atoms with Crippen LogP contribution in [0.5, 0.6) is 0 Å². The summed E-state index contributed by atoms with van der Waals surface area (Å²) in [7, 11) is 0. The zero-order chi connectivity index (χ0) is 5.86. The fourth-order valence-corrected chi connectivity index (χ4v) is 0.0700. The molecular weight excluding hydrogens is 113 g/mol. The SMILES string of the molecule is O=C(F)OC(F)F. The van der Waals surface area contributed by atoms with Crippen LogP contribution < -0.4 is 0 Å². The second kappa shape index (κ2) is 2.44. The van der Waals surface area contributed by atoms with Gasteiger partial charge in [0, 0.05) is 0 Å². The Morgan fingerprint density at radius 1 is 1.57 bits per heavy atom. The van der Waals surface area contributed by atoms with Crippen molar-refractivity contribution in [3.05, 3.63) is 0 Å². The highest BCUT2D eigenvalue weighted by Gasteiger charge is 2.06. The van der Waals surface area contributed by atoms with Gasteiger partial charge in [-0.05, 0) is 0 Å². The molecule has 0 aromatic heterocycles. The predicted molar refractivity (Wildman–Crippen MR) is 13.6 cm³/mol. The van der Waals surface area contributed by atoms with Gasteiger partial charge in [0.15, 0.2) is 0 Å². The van der Waals surface area contributed by atoms with Crippen LogP contribution in [-0.2, 0) is 4.74 Å². The van der Waals surface area contributed by atoms with Crippen LogP contribution in [0.3, 0.4) is 0 Å². The van der Waals surface area contributed by atoms with Crippen molar-refractivity contribution in [3.8, 4) is 0 Å². The number of alkyl halides is 2. The van der Waals surface area contributed by atoms with Gasteiger partial charge < -0.3 is 4.74 Å². The lowest BCUT2D eigenvalue weighted by Crippen LogP contribution is -2.00. The normalized spacial score (nSPS) is 9.14. The van der Waals surface area contributed by atoms with Crippen LogP contribution in [0.2, 0.25) is 0 Å². The van der Waals surface area contributed by atoms with Crippen molar-refractivity contribution in [1.82, 2.24) is 0 Å². The van der Waals surface area contributed by atoms with Gasteiger partial charge in [0.1, 0.15) is 0 Å². The molecule has 0 atom stereocenters. The van der Waals surface area contributed by atoms with Crippen LogP contribution in [0.15, 0.2) is 0 Å². The third-order valence-electron chi connectivity index (χ3n) is 0.182. The molecule has 42 valence electrons. The summed E-state index contributed by atoms with van der Waals surface area (Å²) in [5.74, 6) is 0. The molecule has 7 heavy (non-hydrogen) atoms. The highest BCUT2D eigenvalue weighted by Crippen LogP contribution is 1.95. The van der Waals surface area contributed by atoms with Gasteiger partial charge in [-0.1, -0.05) is 0 Å². The lowest BCUT2D eigenvalue weighted by molar-refractivity contribution is -0.0894. The molecule has 0 saturated heterocycles. The van der Waals surface area contributed by atoms with E-state index in [0.717, 1.165) is 0 Å². The fraction of sp³-hybridized carbons (Fsp3) is 0.500. The van der Waals surface area contributed by atoms with Crippen molar-refractivity contribution in [2.45, 2.75) is 6.61 Å². The first kappa shape index (κ1) is 6.26. The van der Waals surface area contributed by atoms with Gasteiger partial charge in [-0.2, -0.15) is 8.78 Å². The van der Waals surface area contributed by atoms with Gasteiger partial charge in [-0.3, -0.25) is 0 Å². The standard InChI is InChI=1S/C2HF3O2/c3-1(4)7-2(5)6/h1H. The molecule has 0 aromatic carbocycles. The van der Waals surface area contributed by atoms with Gasteiger partial charge in [-0.25, -0.2) is 4.79 Å². The average Bonchev–Trinajstić information content (AvgIpc) is 1.27. The van der Waals surface area contributed by atoms with Crippen molar-refractivity contribution < 1.29 is 22.7 Å². The van der Waals surface area contributed by atoms with E-state index in [4.69, 9.17) is 4.79 Å². The fourth-order valence-electron chi connectivity index (χ4n) is 0.0700. The van der Waals surface area contributed by atoms with Gasteiger partial charge in [0.05, 0.1) is 0 Å². The third kappa shape index (κ3) is 5.26. The first-order chi connectivity index (χ1) is 3.13.